The Morgan fingerprint density at radius 3 is 2.33 bits per heavy atom. The van der Waals surface area contributed by atoms with Crippen LogP contribution in [0.4, 0.5) is 5.69 Å². The number of amides is 1. The van der Waals surface area contributed by atoms with Crippen molar-refractivity contribution in [1.82, 2.24) is 20.2 Å². The highest BCUT2D eigenvalue weighted by Gasteiger charge is 2.17. The summed E-state index contributed by atoms with van der Waals surface area (Å²) in [7, 11) is 0. The summed E-state index contributed by atoms with van der Waals surface area (Å²) in [5.74, 6) is 0.683. The third kappa shape index (κ3) is 6.20. The van der Waals surface area contributed by atoms with Gasteiger partial charge in [0.15, 0.2) is 11.0 Å². The molecule has 4 aromatic rings. The fraction of sp³-hybridized carbons (Fsp3) is 0.214. The average Bonchev–Trinajstić information content (AvgIpc) is 3.34. The van der Waals surface area contributed by atoms with Crippen LogP contribution in [0.2, 0.25) is 0 Å². The molecule has 0 bridgehead atoms. The van der Waals surface area contributed by atoms with Crippen molar-refractivity contribution in [2.75, 3.05) is 23.7 Å². The Balaban J connectivity index is 1.42. The van der Waals surface area contributed by atoms with E-state index in [1.165, 1.54) is 23.0 Å². The standard InChI is InChI=1S/C28H30N6OS/c1-4-33(5-2)24-17-13-22(14-18-24)19-29-30-26(35)20-36-28-32-31-27(23-15-11-21(3)12-16-23)34(28)25-9-7-6-8-10-25/h6-19H,4-5,20H2,1-3H3,(H,30,35)/b29-19-. The van der Waals surface area contributed by atoms with E-state index in [4.69, 9.17) is 0 Å². The zero-order valence-corrected chi connectivity index (χ0v) is 21.6. The number of carbonyl (C=O) groups excluding carboxylic acids is 1. The van der Waals surface area contributed by atoms with E-state index in [0.717, 1.165) is 35.7 Å². The second-order valence-electron chi connectivity index (χ2n) is 8.19. The molecule has 0 aliphatic heterocycles. The van der Waals surface area contributed by atoms with Crippen LogP contribution >= 0.6 is 11.8 Å². The molecule has 0 saturated heterocycles. The summed E-state index contributed by atoms with van der Waals surface area (Å²) in [6.07, 6.45) is 1.65. The van der Waals surface area contributed by atoms with Gasteiger partial charge in [0.2, 0.25) is 0 Å². The third-order valence-electron chi connectivity index (χ3n) is 5.71. The number of nitrogens with zero attached hydrogens (tertiary/aromatic N) is 5. The van der Waals surface area contributed by atoms with Crippen LogP contribution in [0.25, 0.3) is 17.1 Å². The van der Waals surface area contributed by atoms with Gasteiger partial charge in [0.25, 0.3) is 5.91 Å². The van der Waals surface area contributed by atoms with Crippen LogP contribution in [-0.4, -0.2) is 45.7 Å². The van der Waals surface area contributed by atoms with E-state index >= 15 is 0 Å². The highest BCUT2D eigenvalue weighted by atomic mass is 32.2. The quantitative estimate of drug-likeness (QED) is 0.182. The lowest BCUT2D eigenvalue weighted by molar-refractivity contribution is -0.118. The average molecular weight is 499 g/mol. The molecule has 0 unspecified atom stereocenters. The van der Waals surface area contributed by atoms with E-state index < -0.39 is 0 Å². The maximum Gasteiger partial charge on any atom is 0.250 e. The fourth-order valence-corrected chi connectivity index (χ4v) is 4.51. The largest absolute Gasteiger partial charge is 0.372 e. The van der Waals surface area contributed by atoms with Crippen molar-refractivity contribution in [1.29, 1.82) is 0 Å². The Kier molecular flexibility index (Phi) is 8.52. The summed E-state index contributed by atoms with van der Waals surface area (Å²) in [5.41, 5.74) is 7.78. The van der Waals surface area contributed by atoms with Crippen LogP contribution in [0.3, 0.4) is 0 Å². The maximum absolute atomic E-state index is 12.5. The highest BCUT2D eigenvalue weighted by Crippen LogP contribution is 2.28. The first kappa shape index (κ1) is 25.2. The first-order valence-electron chi connectivity index (χ1n) is 12.0. The van der Waals surface area contributed by atoms with Crippen molar-refractivity contribution in [3.63, 3.8) is 0 Å². The molecule has 0 fully saturated rings. The molecule has 0 saturated carbocycles. The minimum atomic E-state index is -0.212. The number of carbonyl (C=O) groups is 1. The van der Waals surface area contributed by atoms with Gasteiger partial charge in [-0.15, -0.1) is 10.2 Å². The second-order valence-corrected chi connectivity index (χ2v) is 9.13. The van der Waals surface area contributed by atoms with Crippen molar-refractivity contribution < 1.29 is 4.79 Å². The molecule has 36 heavy (non-hydrogen) atoms. The molecule has 7 nitrogen and oxygen atoms in total. The molecule has 1 aromatic heterocycles. The number of hydrazone groups is 1. The van der Waals surface area contributed by atoms with Gasteiger partial charge in [0.05, 0.1) is 12.0 Å². The molecule has 1 N–H and O–H groups in total. The number of hydrogen-bond acceptors (Lipinski definition) is 6. The smallest absolute Gasteiger partial charge is 0.250 e. The number of thioether (sulfide) groups is 1. The predicted molar refractivity (Wildman–Crippen MR) is 148 cm³/mol. The van der Waals surface area contributed by atoms with Gasteiger partial charge in [-0.2, -0.15) is 5.10 Å². The summed E-state index contributed by atoms with van der Waals surface area (Å²) >= 11 is 1.32. The summed E-state index contributed by atoms with van der Waals surface area (Å²) < 4.78 is 1.98. The van der Waals surface area contributed by atoms with Gasteiger partial charge in [-0.05, 0) is 50.6 Å². The van der Waals surface area contributed by atoms with Crippen LogP contribution in [0.5, 0.6) is 0 Å². The molecular formula is C28H30N6OS. The van der Waals surface area contributed by atoms with Crippen molar-refractivity contribution >= 4 is 29.6 Å². The number of nitrogens with one attached hydrogen (secondary N) is 1. The van der Waals surface area contributed by atoms with E-state index in [0.29, 0.717) is 5.16 Å². The molecule has 4 rings (SSSR count). The van der Waals surface area contributed by atoms with Crippen molar-refractivity contribution in [3.8, 4) is 17.1 Å². The molecule has 0 atom stereocenters. The molecule has 1 amide bonds. The molecule has 1 heterocycles. The lowest BCUT2D eigenvalue weighted by Gasteiger charge is -2.20. The number of aryl methyl sites for hydroxylation is 1. The predicted octanol–water partition coefficient (Wildman–Crippen LogP) is 5.33. The Labute approximate surface area is 216 Å². The molecule has 0 radical (unpaired) electrons. The van der Waals surface area contributed by atoms with Gasteiger partial charge in [-0.1, -0.05) is 71.9 Å². The first-order chi connectivity index (χ1) is 17.6. The Hall–Kier alpha value is -3.91. The summed E-state index contributed by atoms with van der Waals surface area (Å²) in [6, 6.07) is 26.2. The molecule has 184 valence electrons. The minimum Gasteiger partial charge on any atom is -0.372 e. The van der Waals surface area contributed by atoms with E-state index in [1.807, 2.05) is 59.2 Å². The van der Waals surface area contributed by atoms with Gasteiger partial charge in [0, 0.05) is 30.0 Å². The number of aromatic nitrogens is 3. The van der Waals surface area contributed by atoms with Crippen LogP contribution in [-0.2, 0) is 4.79 Å². The zero-order chi connectivity index (χ0) is 25.3. The summed E-state index contributed by atoms with van der Waals surface area (Å²) in [4.78, 5) is 14.8. The topological polar surface area (TPSA) is 75.4 Å². The van der Waals surface area contributed by atoms with Gasteiger partial charge in [0.1, 0.15) is 0 Å². The number of anilines is 1. The van der Waals surface area contributed by atoms with Crippen LogP contribution in [0.1, 0.15) is 25.0 Å². The number of para-hydroxylation sites is 1. The number of hydrogen-bond donors (Lipinski definition) is 1. The van der Waals surface area contributed by atoms with Crippen molar-refractivity contribution in [2.45, 2.75) is 25.9 Å². The number of benzene rings is 3. The Morgan fingerprint density at radius 1 is 0.972 bits per heavy atom. The van der Waals surface area contributed by atoms with Gasteiger partial charge < -0.3 is 4.90 Å². The Morgan fingerprint density at radius 2 is 1.67 bits per heavy atom. The normalized spacial score (nSPS) is 11.1. The van der Waals surface area contributed by atoms with Gasteiger partial charge in [-0.25, -0.2) is 5.43 Å². The van der Waals surface area contributed by atoms with Gasteiger partial charge >= 0.3 is 0 Å². The lowest BCUT2D eigenvalue weighted by atomic mass is 10.1. The van der Waals surface area contributed by atoms with Gasteiger partial charge in [-0.3, -0.25) is 9.36 Å². The summed E-state index contributed by atoms with van der Waals surface area (Å²) in [5, 5.41) is 13.6. The highest BCUT2D eigenvalue weighted by molar-refractivity contribution is 7.99. The Bertz CT molecular complexity index is 1300. The van der Waals surface area contributed by atoms with Crippen molar-refractivity contribution in [2.24, 2.45) is 5.10 Å². The molecular weight excluding hydrogens is 468 g/mol. The molecule has 8 heteroatoms. The van der Waals surface area contributed by atoms with E-state index in [2.05, 4.69) is 70.7 Å². The van der Waals surface area contributed by atoms with Crippen LogP contribution in [0.15, 0.2) is 89.1 Å². The third-order valence-corrected chi connectivity index (χ3v) is 6.64. The van der Waals surface area contributed by atoms with E-state index in [9.17, 15) is 4.79 Å². The van der Waals surface area contributed by atoms with Crippen molar-refractivity contribution in [3.05, 3.63) is 90.0 Å². The molecule has 0 aliphatic rings. The van der Waals surface area contributed by atoms with Crippen LogP contribution in [0, 0.1) is 6.92 Å². The monoisotopic (exact) mass is 498 g/mol. The van der Waals surface area contributed by atoms with Crippen LogP contribution < -0.4 is 10.3 Å². The van der Waals surface area contributed by atoms with E-state index in [1.54, 1.807) is 6.21 Å². The summed E-state index contributed by atoms with van der Waals surface area (Å²) in [6.45, 7) is 8.25. The maximum atomic E-state index is 12.5. The van der Waals surface area contributed by atoms with E-state index in [-0.39, 0.29) is 11.7 Å². The zero-order valence-electron chi connectivity index (χ0n) is 20.8. The first-order valence-corrected chi connectivity index (χ1v) is 12.9. The fourth-order valence-electron chi connectivity index (χ4n) is 3.76. The molecule has 0 spiro atoms. The molecule has 3 aromatic carbocycles. The number of rotatable bonds is 10. The minimum absolute atomic E-state index is 0.164. The second kappa shape index (κ2) is 12.2. The molecule has 0 aliphatic carbocycles. The lowest BCUT2D eigenvalue weighted by Crippen LogP contribution is -2.21. The SMILES string of the molecule is CCN(CC)c1ccc(/C=N\NC(=O)CSc2nnc(-c3ccc(C)cc3)n2-c2ccccc2)cc1.